The van der Waals surface area contributed by atoms with Gasteiger partial charge in [0.15, 0.2) is 5.96 Å². The highest BCUT2D eigenvalue weighted by molar-refractivity contribution is 14.0. The first-order valence-corrected chi connectivity index (χ1v) is 9.04. The van der Waals surface area contributed by atoms with Crippen molar-refractivity contribution in [1.29, 1.82) is 0 Å². The Balaban J connectivity index is 0.00000312. The average Bonchev–Trinajstić information content (AvgIpc) is 2.88. The van der Waals surface area contributed by atoms with Crippen LogP contribution in [0.4, 0.5) is 0 Å². The molecule has 1 aromatic carbocycles. The zero-order valence-electron chi connectivity index (χ0n) is 15.3. The van der Waals surface area contributed by atoms with E-state index < -0.39 is 0 Å². The monoisotopic (exact) mass is 474 g/mol. The molecule has 0 radical (unpaired) electrons. The third-order valence-electron chi connectivity index (χ3n) is 3.41. The average molecular weight is 474 g/mol. The fourth-order valence-electron chi connectivity index (χ4n) is 2.19. The second-order valence-electron chi connectivity index (χ2n) is 5.52. The number of benzene rings is 1. The summed E-state index contributed by atoms with van der Waals surface area (Å²) in [6, 6.07) is 8.08. The van der Waals surface area contributed by atoms with Gasteiger partial charge in [0.2, 0.25) is 0 Å². The van der Waals surface area contributed by atoms with Gasteiger partial charge in [-0.25, -0.2) is 9.98 Å². The number of nitrogens with zero attached hydrogens (tertiary/aromatic N) is 2. The van der Waals surface area contributed by atoms with Gasteiger partial charge < -0.3 is 15.4 Å². The lowest BCUT2D eigenvalue weighted by molar-refractivity contribution is 0.322. The standard InChI is InChI=1S/C18H26N4OS.HI/c1-5-19-18(21-12-17-14(3)22-15(4)24-17)20-10-11-23-16-8-6-13(2)7-9-16;/h6-9H,5,10-12H2,1-4H3,(H2,19,20,21);1H. The first-order chi connectivity index (χ1) is 11.6. The van der Waals surface area contributed by atoms with Crippen molar-refractivity contribution in [3.63, 3.8) is 0 Å². The number of guanidine groups is 1. The van der Waals surface area contributed by atoms with Crippen LogP contribution in [0.5, 0.6) is 5.75 Å². The van der Waals surface area contributed by atoms with Gasteiger partial charge in [-0.2, -0.15) is 0 Å². The highest BCUT2D eigenvalue weighted by Crippen LogP contribution is 2.17. The third-order valence-corrected chi connectivity index (χ3v) is 4.47. The summed E-state index contributed by atoms with van der Waals surface area (Å²) in [6.45, 7) is 10.9. The van der Waals surface area contributed by atoms with Crippen molar-refractivity contribution in [1.82, 2.24) is 15.6 Å². The molecule has 0 spiro atoms. The van der Waals surface area contributed by atoms with Gasteiger partial charge in [0.05, 0.1) is 23.8 Å². The van der Waals surface area contributed by atoms with Crippen molar-refractivity contribution in [2.24, 2.45) is 4.99 Å². The normalized spacial score (nSPS) is 11.0. The molecule has 2 aromatic rings. The van der Waals surface area contributed by atoms with Gasteiger partial charge in [-0.15, -0.1) is 35.3 Å². The Hall–Kier alpha value is -1.35. The maximum absolute atomic E-state index is 5.72. The predicted octanol–water partition coefficient (Wildman–Crippen LogP) is 3.82. The number of ether oxygens (including phenoxy) is 1. The first-order valence-electron chi connectivity index (χ1n) is 8.23. The summed E-state index contributed by atoms with van der Waals surface area (Å²) in [5.41, 5.74) is 2.30. The molecule has 1 heterocycles. The minimum Gasteiger partial charge on any atom is -0.492 e. The lowest BCUT2D eigenvalue weighted by Crippen LogP contribution is -2.39. The molecule has 0 aliphatic heterocycles. The van der Waals surface area contributed by atoms with E-state index in [4.69, 9.17) is 4.74 Å². The van der Waals surface area contributed by atoms with Crippen molar-refractivity contribution in [3.05, 3.63) is 45.4 Å². The highest BCUT2D eigenvalue weighted by atomic mass is 127. The molecule has 0 saturated heterocycles. The third kappa shape index (κ3) is 7.60. The molecule has 138 valence electrons. The zero-order valence-corrected chi connectivity index (χ0v) is 18.4. The minimum atomic E-state index is 0. The highest BCUT2D eigenvalue weighted by Gasteiger charge is 2.04. The first kappa shape index (κ1) is 21.7. The lowest BCUT2D eigenvalue weighted by Gasteiger charge is -2.12. The van der Waals surface area contributed by atoms with Crippen molar-refractivity contribution < 1.29 is 4.74 Å². The van der Waals surface area contributed by atoms with Crippen LogP contribution in [0.15, 0.2) is 29.3 Å². The summed E-state index contributed by atoms with van der Waals surface area (Å²) in [6.07, 6.45) is 0. The van der Waals surface area contributed by atoms with Crippen LogP contribution in [-0.2, 0) is 6.54 Å². The van der Waals surface area contributed by atoms with Gasteiger partial charge in [0, 0.05) is 11.4 Å². The smallest absolute Gasteiger partial charge is 0.191 e. The second kappa shape index (κ2) is 11.3. The van der Waals surface area contributed by atoms with E-state index in [0.717, 1.165) is 29.0 Å². The molecule has 25 heavy (non-hydrogen) atoms. The van der Waals surface area contributed by atoms with E-state index in [9.17, 15) is 0 Å². The van der Waals surface area contributed by atoms with E-state index in [1.807, 2.05) is 38.1 Å². The Morgan fingerprint density at radius 3 is 2.48 bits per heavy atom. The van der Waals surface area contributed by atoms with Gasteiger partial charge in [0.1, 0.15) is 12.4 Å². The molecule has 2 rings (SSSR count). The molecule has 1 aromatic heterocycles. The number of aromatic nitrogens is 1. The Morgan fingerprint density at radius 1 is 1.16 bits per heavy atom. The number of rotatable bonds is 7. The van der Waals surface area contributed by atoms with Gasteiger partial charge in [0.25, 0.3) is 0 Å². The van der Waals surface area contributed by atoms with Crippen LogP contribution >= 0.6 is 35.3 Å². The van der Waals surface area contributed by atoms with Crippen LogP contribution in [0.3, 0.4) is 0 Å². The van der Waals surface area contributed by atoms with Crippen molar-refractivity contribution >= 4 is 41.3 Å². The molecular weight excluding hydrogens is 447 g/mol. The summed E-state index contributed by atoms with van der Waals surface area (Å²) < 4.78 is 5.72. The van der Waals surface area contributed by atoms with Crippen molar-refractivity contribution in [2.45, 2.75) is 34.2 Å². The molecule has 0 aliphatic rings. The van der Waals surface area contributed by atoms with Crippen LogP contribution in [0, 0.1) is 20.8 Å². The van der Waals surface area contributed by atoms with Crippen LogP contribution in [0.1, 0.15) is 28.1 Å². The summed E-state index contributed by atoms with van der Waals surface area (Å²) in [5.74, 6) is 1.69. The fraction of sp³-hybridized carbons (Fsp3) is 0.444. The van der Waals surface area contributed by atoms with Crippen LogP contribution in [0.25, 0.3) is 0 Å². The molecule has 0 atom stereocenters. The van der Waals surface area contributed by atoms with E-state index in [2.05, 4.69) is 34.5 Å². The number of hydrogen-bond donors (Lipinski definition) is 2. The second-order valence-corrected chi connectivity index (χ2v) is 6.81. The molecular formula is C18H27IN4OS. The molecule has 0 amide bonds. The topological polar surface area (TPSA) is 58.5 Å². The van der Waals surface area contributed by atoms with Crippen molar-refractivity contribution in [3.8, 4) is 5.75 Å². The molecule has 0 aliphatic carbocycles. The summed E-state index contributed by atoms with van der Waals surface area (Å²) in [7, 11) is 0. The van der Waals surface area contributed by atoms with Crippen LogP contribution in [0.2, 0.25) is 0 Å². The van der Waals surface area contributed by atoms with Crippen LogP contribution < -0.4 is 15.4 Å². The molecule has 5 nitrogen and oxygen atoms in total. The van der Waals surface area contributed by atoms with Crippen molar-refractivity contribution in [2.75, 3.05) is 19.7 Å². The van der Waals surface area contributed by atoms with Gasteiger partial charge in [-0.3, -0.25) is 0 Å². The number of halogens is 1. The Bertz CT molecular complexity index is 670. The minimum absolute atomic E-state index is 0. The number of hydrogen-bond acceptors (Lipinski definition) is 4. The summed E-state index contributed by atoms with van der Waals surface area (Å²) in [4.78, 5) is 10.3. The fourth-order valence-corrected chi connectivity index (χ4v) is 3.05. The van der Waals surface area contributed by atoms with E-state index in [1.54, 1.807) is 11.3 Å². The zero-order chi connectivity index (χ0) is 17.4. The number of aliphatic imine (C=N–C) groups is 1. The lowest BCUT2D eigenvalue weighted by atomic mass is 10.2. The Kier molecular flexibility index (Phi) is 9.81. The molecule has 0 unspecified atom stereocenters. The maximum Gasteiger partial charge on any atom is 0.191 e. The van der Waals surface area contributed by atoms with Gasteiger partial charge in [-0.1, -0.05) is 17.7 Å². The molecule has 2 N–H and O–H groups in total. The molecule has 0 fully saturated rings. The quantitative estimate of drug-likeness (QED) is 0.277. The number of thiazole rings is 1. The SMILES string of the molecule is CCNC(=NCc1sc(C)nc1C)NCCOc1ccc(C)cc1.I. The van der Waals surface area contributed by atoms with Gasteiger partial charge >= 0.3 is 0 Å². The van der Waals surface area contributed by atoms with E-state index >= 15 is 0 Å². The predicted molar refractivity (Wildman–Crippen MR) is 116 cm³/mol. The largest absolute Gasteiger partial charge is 0.492 e. The van der Waals surface area contributed by atoms with Gasteiger partial charge in [-0.05, 0) is 39.8 Å². The van der Waals surface area contributed by atoms with Crippen LogP contribution in [-0.4, -0.2) is 30.6 Å². The molecule has 7 heteroatoms. The Labute approximate surface area is 171 Å². The maximum atomic E-state index is 5.72. The van der Waals surface area contributed by atoms with E-state index in [-0.39, 0.29) is 24.0 Å². The molecule has 0 saturated carbocycles. The summed E-state index contributed by atoms with van der Waals surface area (Å²) >= 11 is 1.70. The molecule has 0 bridgehead atoms. The number of nitrogens with one attached hydrogen (secondary N) is 2. The summed E-state index contributed by atoms with van der Waals surface area (Å²) in [5, 5.41) is 7.64. The van der Waals surface area contributed by atoms with E-state index in [0.29, 0.717) is 19.7 Å². The number of aryl methyl sites for hydroxylation is 3. The Morgan fingerprint density at radius 2 is 1.88 bits per heavy atom. The van der Waals surface area contributed by atoms with E-state index in [1.165, 1.54) is 10.4 Å².